The minimum atomic E-state index is 0.475. The number of fused-ring (bicyclic) bond motifs is 3. The predicted octanol–water partition coefficient (Wildman–Crippen LogP) is 14.3. The molecule has 0 bridgehead atoms. The molecular formula is C52H37N3S. The van der Waals surface area contributed by atoms with E-state index in [1.54, 1.807) is 0 Å². The zero-order valence-electron chi connectivity index (χ0n) is 30.9. The fourth-order valence-corrected chi connectivity index (χ4v) is 9.20. The van der Waals surface area contributed by atoms with Gasteiger partial charge in [-0.1, -0.05) is 177 Å². The summed E-state index contributed by atoms with van der Waals surface area (Å²) in [6, 6.07) is 62.2. The summed E-state index contributed by atoms with van der Waals surface area (Å²) in [4.78, 5) is 16.9. The number of nitrogens with zero attached hydrogens (tertiary/aromatic N) is 3. The fraction of sp³-hybridized carbons (Fsp3) is 0.0577. The number of hydrogen-bond donors (Lipinski definition) is 0. The molecule has 7 aromatic carbocycles. The Morgan fingerprint density at radius 3 is 1.41 bits per heavy atom. The standard InChI is InChI=1S/C52H37N3S/c1-34-11-8-20-47-48(34)45-18-10-19-46(49(45)56-47)52-54-50(41-29-25-39(26-30-41)38-23-21-37(22-24-38)35-12-4-2-5-13-35)53-51(55-52)42-31-27-40(28-32-42)44-17-9-16-43(33-44)36-14-6-3-7-15-36/h2-10,12-34H,11H2,1H3. The van der Waals surface area contributed by atoms with Crippen molar-refractivity contribution in [1.82, 2.24) is 15.0 Å². The average Bonchev–Trinajstić information content (AvgIpc) is 3.67. The van der Waals surface area contributed by atoms with Gasteiger partial charge in [-0.15, -0.1) is 11.3 Å². The van der Waals surface area contributed by atoms with E-state index in [9.17, 15) is 0 Å². The van der Waals surface area contributed by atoms with Crippen molar-refractivity contribution in [3.8, 4) is 78.7 Å². The molecule has 1 atom stereocenters. The predicted molar refractivity (Wildman–Crippen MR) is 235 cm³/mol. The highest BCUT2D eigenvalue weighted by Gasteiger charge is 2.22. The Morgan fingerprint density at radius 1 is 0.429 bits per heavy atom. The topological polar surface area (TPSA) is 38.7 Å². The molecule has 9 aromatic rings. The highest BCUT2D eigenvalue weighted by atomic mass is 32.1. The monoisotopic (exact) mass is 735 g/mol. The Labute approximate surface area is 331 Å². The van der Waals surface area contributed by atoms with Crippen LogP contribution in [0.4, 0.5) is 0 Å². The molecule has 2 aromatic heterocycles. The molecule has 0 aliphatic heterocycles. The smallest absolute Gasteiger partial charge is 0.165 e. The average molecular weight is 736 g/mol. The van der Waals surface area contributed by atoms with Gasteiger partial charge in [0.15, 0.2) is 17.5 Å². The van der Waals surface area contributed by atoms with Crippen LogP contribution in [0, 0.1) is 0 Å². The zero-order valence-corrected chi connectivity index (χ0v) is 31.7. The molecule has 266 valence electrons. The Hall–Kier alpha value is -6.75. The van der Waals surface area contributed by atoms with Crippen LogP contribution < -0.4 is 0 Å². The van der Waals surface area contributed by atoms with Crippen LogP contribution >= 0.6 is 11.3 Å². The first-order valence-corrected chi connectivity index (χ1v) is 20.0. The second kappa shape index (κ2) is 14.5. The van der Waals surface area contributed by atoms with Crippen molar-refractivity contribution in [2.24, 2.45) is 0 Å². The largest absolute Gasteiger partial charge is 0.208 e. The molecule has 0 N–H and O–H groups in total. The third-order valence-electron chi connectivity index (χ3n) is 10.8. The number of thiophene rings is 1. The van der Waals surface area contributed by atoms with Gasteiger partial charge in [-0.3, -0.25) is 0 Å². The van der Waals surface area contributed by atoms with Gasteiger partial charge in [-0.05, 0) is 86.0 Å². The van der Waals surface area contributed by atoms with Crippen molar-refractivity contribution >= 4 is 27.5 Å². The molecule has 1 aliphatic rings. The molecular weight excluding hydrogens is 699 g/mol. The van der Waals surface area contributed by atoms with E-state index < -0.39 is 0 Å². The minimum absolute atomic E-state index is 0.475. The molecule has 0 saturated carbocycles. The van der Waals surface area contributed by atoms with Gasteiger partial charge in [0.1, 0.15) is 0 Å². The van der Waals surface area contributed by atoms with Gasteiger partial charge in [0.2, 0.25) is 0 Å². The van der Waals surface area contributed by atoms with Crippen LogP contribution in [-0.4, -0.2) is 15.0 Å². The summed E-state index contributed by atoms with van der Waals surface area (Å²) in [7, 11) is 0. The first-order valence-electron chi connectivity index (χ1n) is 19.2. The molecule has 0 radical (unpaired) electrons. The van der Waals surface area contributed by atoms with E-state index in [-0.39, 0.29) is 0 Å². The molecule has 1 unspecified atom stereocenters. The normalized spacial score (nSPS) is 13.5. The van der Waals surface area contributed by atoms with Gasteiger partial charge in [0.25, 0.3) is 0 Å². The summed E-state index contributed by atoms with van der Waals surface area (Å²) in [6.45, 7) is 2.32. The lowest BCUT2D eigenvalue weighted by Gasteiger charge is -2.14. The molecule has 2 heterocycles. The molecule has 0 saturated heterocycles. The number of rotatable bonds is 7. The van der Waals surface area contributed by atoms with Gasteiger partial charge in [-0.2, -0.15) is 0 Å². The van der Waals surface area contributed by atoms with Crippen molar-refractivity contribution in [3.05, 3.63) is 192 Å². The van der Waals surface area contributed by atoms with E-state index in [2.05, 4.69) is 189 Å². The van der Waals surface area contributed by atoms with Gasteiger partial charge >= 0.3 is 0 Å². The lowest BCUT2D eigenvalue weighted by atomic mass is 9.90. The summed E-state index contributed by atoms with van der Waals surface area (Å²) >= 11 is 1.84. The Morgan fingerprint density at radius 2 is 0.857 bits per heavy atom. The molecule has 1 aliphatic carbocycles. The minimum Gasteiger partial charge on any atom is -0.208 e. The number of benzene rings is 7. The van der Waals surface area contributed by atoms with E-state index in [1.165, 1.54) is 53.9 Å². The van der Waals surface area contributed by atoms with E-state index in [0.29, 0.717) is 23.4 Å². The van der Waals surface area contributed by atoms with Gasteiger partial charge in [0.05, 0.1) is 0 Å². The SMILES string of the molecule is CC1CC=Cc2sc3c(-c4nc(-c5ccc(-c6ccc(-c7ccccc7)cc6)cc5)nc(-c5ccc(-c6cccc(-c7ccccc7)c6)cc5)n4)cccc3c21. The van der Waals surface area contributed by atoms with Crippen LogP contribution in [0.1, 0.15) is 29.7 Å². The first kappa shape index (κ1) is 33.8. The van der Waals surface area contributed by atoms with Gasteiger partial charge in [0, 0.05) is 26.3 Å². The summed E-state index contributed by atoms with van der Waals surface area (Å²) < 4.78 is 1.22. The second-order valence-corrected chi connectivity index (χ2v) is 15.5. The van der Waals surface area contributed by atoms with Crippen molar-refractivity contribution in [2.75, 3.05) is 0 Å². The summed E-state index contributed by atoms with van der Waals surface area (Å²) in [5.41, 5.74) is 13.8. The maximum Gasteiger partial charge on any atom is 0.165 e. The lowest BCUT2D eigenvalue weighted by molar-refractivity contribution is 0.783. The highest BCUT2D eigenvalue weighted by Crippen LogP contribution is 2.44. The molecule has 0 fully saturated rings. The van der Waals surface area contributed by atoms with E-state index in [0.717, 1.165) is 34.2 Å². The third-order valence-corrected chi connectivity index (χ3v) is 12.0. The zero-order chi connectivity index (χ0) is 37.4. The molecule has 0 amide bonds. The van der Waals surface area contributed by atoms with E-state index >= 15 is 0 Å². The van der Waals surface area contributed by atoms with Crippen molar-refractivity contribution < 1.29 is 0 Å². The number of allylic oxidation sites excluding steroid dienone is 1. The van der Waals surface area contributed by atoms with Crippen LogP contribution in [0.25, 0.3) is 94.8 Å². The van der Waals surface area contributed by atoms with E-state index in [4.69, 9.17) is 15.0 Å². The Kier molecular flexibility index (Phi) is 8.74. The summed E-state index contributed by atoms with van der Waals surface area (Å²) in [5, 5.41) is 1.30. The van der Waals surface area contributed by atoms with Crippen LogP contribution in [0.5, 0.6) is 0 Å². The first-order chi connectivity index (χ1) is 27.6. The van der Waals surface area contributed by atoms with Gasteiger partial charge in [-0.25, -0.2) is 15.0 Å². The van der Waals surface area contributed by atoms with Crippen LogP contribution in [-0.2, 0) is 0 Å². The summed E-state index contributed by atoms with van der Waals surface area (Å²) in [5.74, 6) is 2.47. The maximum absolute atomic E-state index is 5.20. The summed E-state index contributed by atoms with van der Waals surface area (Å²) in [6.07, 6.45) is 5.63. The molecule has 10 rings (SSSR count). The van der Waals surface area contributed by atoms with Crippen LogP contribution in [0.15, 0.2) is 182 Å². The fourth-order valence-electron chi connectivity index (χ4n) is 7.83. The highest BCUT2D eigenvalue weighted by molar-refractivity contribution is 7.20. The quantitative estimate of drug-likeness (QED) is 0.164. The van der Waals surface area contributed by atoms with Crippen molar-refractivity contribution in [3.63, 3.8) is 0 Å². The van der Waals surface area contributed by atoms with Crippen molar-refractivity contribution in [1.29, 1.82) is 0 Å². The molecule has 4 heteroatoms. The van der Waals surface area contributed by atoms with Gasteiger partial charge < -0.3 is 0 Å². The molecule has 0 spiro atoms. The molecule has 56 heavy (non-hydrogen) atoms. The molecule has 3 nitrogen and oxygen atoms in total. The van der Waals surface area contributed by atoms with Crippen molar-refractivity contribution in [2.45, 2.75) is 19.3 Å². The lowest BCUT2D eigenvalue weighted by Crippen LogP contribution is -2.00. The maximum atomic E-state index is 5.20. The Bertz CT molecular complexity index is 2860. The number of aromatic nitrogens is 3. The third kappa shape index (κ3) is 6.44. The van der Waals surface area contributed by atoms with E-state index in [1.807, 2.05) is 17.4 Å². The van der Waals surface area contributed by atoms with Crippen LogP contribution in [0.3, 0.4) is 0 Å². The van der Waals surface area contributed by atoms with Crippen LogP contribution in [0.2, 0.25) is 0 Å². The second-order valence-electron chi connectivity index (χ2n) is 14.5. The Balaban J connectivity index is 1.04. The number of hydrogen-bond acceptors (Lipinski definition) is 4.